The Morgan fingerprint density at radius 2 is 2.43 bits per heavy atom. The number of hydrogen-bond donors (Lipinski definition) is 0. The highest BCUT2D eigenvalue weighted by Crippen LogP contribution is 1.82. The fraction of sp³-hybridized carbons (Fsp3) is 0.250. The zero-order valence-corrected chi connectivity index (χ0v) is 3.78. The lowest BCUT2D eigenvalue weighted by atomic mass is 10.5. The largest absolute Gasteiger partial charge is 0.165 e. The molecular weight excluding hydrogens is 90.1 g/mol. The fourth-order valence-corrected chi connectivity index (χ4v) is 0.310. The van der Waals surface area contributed by atoms with E-state index in [0.717, 1.165) is 0 Å². The van der Waals surface area contributed by atoms with Crippen LogP contribution in [0, 0.1) is 0 Å². The van der Waals surface area contributed by atoms with Crippen LogP contribution in [-0.2, 0) is 0 Å². The molecule has 0 aromatic heterocycles. The molecule has 0 aromatic carbocycles. The first-order valence-electron chi connectivity index (χ1n) is 2.05. The van der Waals surface area contributed by atoms with Gasteiger partial charge in [-0.2, -0.15) is 5.11 Å². The molecule has 7 heavy (non-hydrogen) atoms. The molecule has 0 N–H and O–H groups in total. The summed E-state index contributed by atoms with van der Waals surface area (Å²) in [5, 5.41) is 10.5. The van der Waals surface area contributed by atoms with E-state index in [1.807, 2.05) is 12.2 Å². The van der Waals surface area contributed by atoms with E-state index in [9.17, 15) is 0 Å². The van der Waals surface area contributed by atoms with Crippen molar-refractivity contribution < 1.29 is 0 Å². The van der Waals surface area contributed by atoms with Crippen molar-refractivity contribution in [3.63, 3.8) is 0 Å². The highest BCUT2D eigenvalue weighted by Gasteiger charge is 1.73. The molecule has 0 aromatic rings. The molecule has 0 atom stereocenters. The predicted octanol–water partition coefficient (Wildman–Crippen LogP) is 0.994. The van der Waals surface area contributed by atoms with E-state index in [1.54, 1.807) is 6.21 Å². The minimum atomic E-state index is 0.653. The van der Waals surface area contributed by atoms with E-state index in [-0.39, 0.29) is 0 Å². The smallest absolute Gasteiger partial charge is 0.0805 e. The molecule has 0 aliphatic carbocycles. The molecule has 0 radical (unpaired) electrons. The number of nitrogens with zero attached hydrogens (tertiary/aromatic N) is 3. The Hall–Kier alpha value is -0.990. The molecule has 3 heteroatoms. The van der Waals surface area contributed by atoms with E-state index in [4.69, 9.17) is 0 Å². The molecule has 1 aliphatic rings. The molecule has 1 aliphatic heterocycles. The van der Waals surface area contributed by atoms with Gasteiger partial charge in [0.2, 0.25) is 0 Å². The van der Waals surface area contributed by atoms with Gasteiger partial charge in [-0.3, -0.25) is 0 Å². The highest BCUT2D eigenvalue weighted by atomic mass is 15.4. The van der Waals surface area contributed by atoms with Gasteiger partial charge in [-0.05, 0) is 11.3 Å². The summed E-state index contributed by atoms with van der Waals surface area (Å²) in [6, 6.07) is 0. The molecule has 0 amide bonds. The zero-order valence-electron chi connectivity index (χ0n) is 3.78. The Balaban J connectivity index is 2.60. The average molecular weight is 95.1 g/mol. The fourth-order valence-electron chi connectivity index (χ4n) is 0.310. The molecule has 0 saturated heterocycles. The summed E-state index contributed by atoms with van der Waals surface area (Å²) in [7, 11) is 0. The van der Waals surface area contributed by atoms with Gasteiger partial charge < -0.3 is 0 Å². The SMILES string of the molecule is C1=CCN=NN=C1. The summed E-state index contributed by atoms with van der Waals surface area (Å²) in [5.74, 6) is 0. The third kappa shape index (κ3) is 1.26. The minimum absolute atomic E-state index is 0.653. The average Bonchev–Trinajstić information content (AvgIpc) is 1.90. The van der Waals surface area contributed by atoms with Crippen LogP contribution in [0.2, 0.25) is 0 Å². The van der Waals surface area contributed by atoms with E-state index in [1.165, 1.54) is 0 Å². The van der Waals surface area contributed by atoms with Crippen molar-refractivity contribution in [2.24, 2.45) is 15.4 Å². The second kappa shape index (κ2) is 2.23. The second-order valence-corrected chi connectivity index (χ2v) is 1.11. The maximum Gasteiger partial charge on any atom is 0.0805 e. The van der Waals surface area contributed by atoms with Crippen LogP contribution in [0.15, 0.2) is 27.6 Å². The molecular formula is C4H5N3. The lowest BCUT2D eigenvalue weighted by molar-refractivity contribution is 0.980. The molecule has 0 bridgehead atoms. The Morgan fingerprint density at radius 3 is 3.43 bits per heavy atom. The van der Waals surface area contributed by atoms with E-state index < -0.39 is 0 Å². The van der Waals surface area contributed by atoms with Crippen LogP contribution >= 0.6 is 0 Å². The molecule has 3 nitrogen and oxygen atoms in total. The van der Waals surface area contributed by atoms with E-state index in [0.29, 0.717) is 6.54 Å². The van der Waals surface area contributed by atoms with Crippen molar-refractivity contribution in [1.29, 1.82) is 0 Å². The minimum Gasteiger partial charge on any atom is -0.165 e. The third-order valence-corrected chi connectivity index (χ3v) is 0.591. The lowest BCUT2D eigenvalue weighted by Gasteiger charge is -1.68. The molecule has 0 unspecified atom stereocenters. The van der Waals surface area contributed by atoms with Gasteiger partial charge in [0.25, 0.3) is 0 Å². The quantitative estimate of drug-likeness (QED) is 0.430. The number of allylic oxidation sites excluding steroid dienone is 1. The first-order chi connectivity index (χ1) is 3.50. The summed E-state index contributed by atoms with van der Waals surface area (Å²) >= 11 is 0. The van der Waals surface area contributed by atoms with Gasteiger partial charge in [0.1, 0.15) is 0 Å². The van der Waals surface area contributed by atoms with E-state index in [2.05, 4.69) is 15.4 Å². The molecule has 0 spiro atoms. The Morgan fingerprint density at radius 1 is 1.43 bits per heavy atom. The number of hydrogen-bond acceptors (Lipinski definition) is 3. The van der Waals surface area contributed by atoms with Gasteiger partial charge in [-0.1, -0.05) is 6.08 Å². The molecule has 1 heterocycles. The van der Waals surface area contributed by atoms with Crippen molar-refractivity contribution >= 4 is 6.21 Å². The predicted molar refractivity (Wildman–Crippen MR) is 27.4 cm³/mol. The molecule has 0 saturated carbocycles. The Kier molecular flexibility index (Phi) is 1.33. The van der Waals surface area contributed by atoms with Gasteiger partial charge >= 0.3 is 0 Å². The topological polar surface area (TPSA) is 37.1 Å². The van der Waals surface area contributed by atoms with Crippen LogP contribution in [0.4, 0.5) is 0 Å². The monoisotopic (exact) mass is 95.0 g/mol. The maximum atomic E-state index is 3.61. The van der Waals surface area contributed by atoms with Crippen molar-refractivity contribution in [3.05, 3.63) is 12.2 Å². The van der Waals surface area contributed by atoms with Gasteiger partial charge in [-0.15, -0.1) is 5.10 Å². The van der Waals surface area contributed by atoms with Crippen molar-refractivity contribution in [3.8, 4) is 0 Å². The second-order valence-electron chi connectivity index (χ2n) is 1.11. The molecule has 0 fully saturated rings. The van der Waals surface area contributed by atoms with Crippen molar-refractivity contribution in [1.82, 2.24) is 0 Å². The van der Waals surface area contributed by atoms with Crippen LogP contribution in [0.1, 0.15) is 0 Å². The molecule has 36 valence electrons. The van der Waals surface area contributed by atoms with Crippen LogP contribution in [-0.4, -0.2) is 12.8 Å². The summed E-state index contributed by atoms with van der Waals surface area (Å²) in [6.07, 6.45) is 5.32. The maximum absolute atomic E-state index is 3.61. The van der Waals surface area contributed by atoms with Gasteiger partial charge in [0, 0.05) is 0 Å². The van der Waals surface area contributed by atoms with Crippen LogP contribution < -0.4 is 0 Å². The summed E-state index contributed by atoms with van der Waals surface area (Å²) < 4.78 is 0. The third-order valence-electron chi connectivity index (χ3n) is 0.591. The highest BCUT2D eigenvalue weighted by molar-refractivity contribution is 5.70. The van der Waals surface area contributed by atoms with Crippen molar-refractivity contribution in [2.45, 2.75) is 0 Å². The summed E-state index contributed by atoms with van der Waals surface area (Å²) in [4.78, 5) is 0. The standard InChI is InChI=1S/C4H5N3/c1-2-4-6-7-5-3-1/h1-3H,4H2. The van der Waals surface area contributed by atoms with Gasteiger partial charge in [0.05, 0.1) is 12.8 Å². The van der Waals surface area contributed by atoms with Crippen molar-refractivity contribution in [2.75, 3.05) is 6.54 Å². The first kappa shape index (κ1) is 4.18. The lowest BCUT2D eigenvalue weighted by Crippen LogP contribution is -1.63. The molecule has 1 rings (SSSR count). The normalized spacial score (nSPS) is 17.1. The van der Waals surface area contributed by atoms with Crippen LogP contribution in [0.5, 0.6) is 0 Å². The zero-order chi connectivity index (χ0) is 4.95. The van der Waals surface area contributed by atoms with Gasteiger partial charge in [-0.25, -0.2) is 0 Å². The Labute approximate surface area is 41.5 Å². The van der Waals surface area contributed by atoms with Crippen LogP contribution in [0.25, 0.3) is 0 Å². The summed E-state index contributed by atoms with van der Waals surface area (Å²) in [5.41, 5.74) is 0. The van der Waals surface area contributed by atoms with Crippen LogP contribution in [0.3, 0.4) is 0 Å². The summed E-state index contributed by atoms with van der Waals surface area (Å²) in [6.45, 7) is 0.653. The number of rotatable bonds is 0. The van der Waals surface area contributed by atoms with E-state index >= 15 is 0 Å². The first-order valence-corrected chi connectivity index (χ1v) is 2.05. The Bertz CT molecular complexity index is 109. The van der Waals surface area contributed by atoms with Gasteiger partial charge in [0.15, 0.2) is 0 Å².